The molecule has 2 amide bonds. The second-order valence-electron chi connectivity index (χ2n) is 6.83. The Hall–Kier alpha value is -3.48. The van der Waals surface area contributed by atoms with Crippen LogP contribution in [0.15, 0.2) is 78.4 Å². The number of benzene rings is 3. The highest BCUT2D eigenvalue weighted by Gasteiger charge is 2.26. The lowest BCUT2D eigenvalue weighted by Crippen LogP contribution is -2.51. The SMILES string of the molecule is O=C1NC(=S)NC(=O)C1=Cc1cc(-c2ccccc2)ccc1OCc1ccc(Cl)cc1. The summed E-state index contributed by atoms with van der Waals surface area (Å²) in [5.41, 5.74) is 3.43. The van der Waals surface area contributed by atoms with Crippen LogP contribution < -0.4 is 15.4 Å². The molecule has 1 heterocycles. The number of halogens is 1. The molecular weight excluding hydrogens is 432 g/mol. The summed E-state index contributed by atoms with van der Waals surface area (Å²) in [5.74, 6) is -0.569. The van der Waals surface area contributed by atoms with Crippen molar-refractivity contribution in [3.05, 3.63) is 94.5 Å². The third kappa shape index (κ3) is 4.99. The van der Waals surface area contributed by atoms with Crippen molar-refractivity contribution in [1.82, 2.24) is 10.6 Å². The van der Waals surface area contributed by atoms with E-state index in [9.17, 15) is 9.59 Å². The molecule has 3 aromatic rings. The van der Waals surface area contributed by atoms with Crippen molar-refractivity contribution in [2.75, 3.05) is 0 Å². The van der Waals surface area contributed by atoms with Crippen LogP contribution in [0.5, 0.6) is 5.75 Å². The number of thiocarbonyl (C=S) groups is 1. The smallest absolute Gasteiger partial charge is 0.263 e. The van der Waals surface area contributed by atoms with E-state index in [1.54, 1.807) is 12.1 Å². The maximum atomic E-state index is 12.3. The van der Waals surface area contributed by atoms with E-state index in [0.29, 0.717) is 22.9 Å². The van der Waals surface area contributed by atoms with E-state index in [1.165, 1.54) is 6.08 Å². The van der Waals surface area contributed by atoms with Gasteiger partial charge in [0.05, 0.1) is 0 Å². The second-order valence-corrected chi connectivity index (χ2v) is 7.67. The molecular formula is C24H17ClN2O3S. The molecule has 0 saturated carbocycles. The first-order valence-corrected chi connectivity index (χ1v) is 10.2. The minimum Gasteiger partial charge on any atom is -0.488 e. The van der Waals surface area contributed by atoms with E-state index in [4.69, 9.17) is 28.6 Å². The molecule has 1 aliphatic rings. The maximum Gasteiger partial charge on any atom is 0.263 e. The lowest BCUT2D eigenvalue weighted by atomic mass is 10.0. The molecule has 1 aliphatic heterocycles. The quantitative estimate of drug-likeness (QED) is 0.342. The number of rotatable bonds is 5. The molecule has 2 N–H and O–H groups in total. The fourth-order valence-electron chi connectivity index (χ4n) is 3.11. The van der Waals surface area contributed by atoms with Crippen LogP contribution in [-0.2, 0) is 16.2 Å². The van der Waals surface area contributed by atoms with E-state index in [0.717, 1.165) is 16.7 Å². The molecule has 1 fully saturated rings. The maximum absolute atomic E-state index is 12.3. The molecule has 0 spiro atoms. The molecule has 154 valence electrons. The zero-order valence-electron chi connectivity index (χ0n) is 16.2. The molecule has 0 aromatic heterocycles. The van der Waals surface area contributed by atoms with Crippen LogP contribution in [0.1, 0.15) is 11.1 Å². The highest BCUT2D eigenvalue weighted by atomic mass is 35.5. The zero-order chi connectivity index (χ0) is 21.8. The van der Waals surface area contributed by atoms with Crippen LogP contribution in [0.4, 0.5) is 0 Å². The van der Waals surface area contributed by atoms with Gasteiger partial charge in [0.25, 0.3) is 11.8 Å². The Morgan fingerprint density at radius 1 is 0.871 bits per heavy atom. The minimum atomic E-state index is -0.553. The number of hydrogen-bond acceptors (Lipinski definition) is 4. The monoisotopic (exact) mass is 448 g/mol. The van der Waals surface area contributed by atoms with Gasteiger partial charge in [-0.1, -0.05) is 60.1 Å². The predicted octanol–water partition coefficient (Wildman–Crippen LogP) is 4.50. The molecule has 5 nitrogen and oxygen atoms in total. The number of amides is 2. The van der Waals surface area contributed by atoms with Gasteiger partial charge in [0.2, 0.25) is 0 Å². The predicted molar refractivity (Wildman–Crippen MR) is 125 cm³/mol. The fraction of sp³-hybridized carbons (Fsp3) is 0.0417. The van der Waals surface area contributed by atoms with Gasteiger partial charge in [-0.25, -0.2) is 0 Å². The van der Waals surface area contributed by atoms with E-state index in [1.807, 2.05) is 60.7 Å². The molecule has 0 aliphatic carbocycles. The highest BCUT2D eigenvalue weighted by Crippen LogP contribution is 2.29. The molecule has 0 bridgehead atoms. The molecule has 7 heteroatoms. The van der Waals surface area contributed by atoms with Gasteiger partial charge >= 0.3 is 0 Å². The summed E-state index contributed by atoms with van der Waals surface area (Å²) >= 11 is 10.8. The van der Waals surface area contributed by atoms with Crippen LogP contribution >= 0.6 is 23.8 Å². The van der Waals surface area contributed by atoms with Crippen molar-refractivity contribution in [3.63, 3.8) is 0 Å². The highest BCUT2D eigenvalue weighted by molar-refractivity contribution is 7.80. The second kappa shape index (κ2) is 9.12. The van der Waals surface area contributed by atoms with Gasteiger partial charge in [-0.15, -0.1) is 0 Å². The first kappa shape index (κ1) is 20.8. The summed E-state index contributed by atoms with van der Waals surface area (Å²) in [4.78, 5) is 24.6. The van der Waals surface area contributed by atoms with Crippen LogP contribution in [-0.4, -0.2) is 16.9 Å². The Kier molecular flexibility index (Phi) is 6.11. The number of nitrogens with one attached hydrogen (secondary N) is 2. The van der Waals surface area contributed by atoms with Crippen LogP contribution in [0, 0.1) is 0 Å². The summed E-state index contributed by atoms with van der Waals surface area (Å²) in [6, 6.07) is 22.8. The Labute approximate surface area is 189 Å². The van der Waals surface area contributed by atoms with Crippen molar-refractivity contribution >= 4 is 46.8 Å². The molecule has 31 heavy (non-hydrogen) atoms. The lowest BCUT2D eigenvalue weighted by Gasteiger charge is -2.17. The molecule has 4 rings (SSSR count). The average Bonchev–Trinajstić information content (AvgIpc) is 2.77. The largest absolute Gasteiger partial charge is 0.488 e. The first-order valence-electron chi connectivity index (χ1n) is 9.45. The summed E-state index contributed by atoms with van der Waals surface area (Å²) in [6.45, 7) is 0.306. The van der Waals surface area contributed by atoms with Crippen molar-refractivity contribution < 1.29 is 14.3 Å². The lowest BCUT2D eigenvalue weighted by molar-refractivity contribution is -0.123. The summed E-state index contributed by atoms with van der Waals surface area (Å²) in [7, 11) is 0. The number of carbonyl (C=O) groups is 2. The first-order chi connectivity index (χ1) is 15.0. The van der Waals surface area contributed by atoms with Crippen LogP contribution in [0.25, 0.3) is 17.2 Å². The van der Waals surface area contributed by atoms with Crippen molar-refractivity contribution in [2.45, 2.75) is 6.61 Å². The Bertz CT molecular complexity index is 1170. The topological polar surface area (TPSA) is 67.4 Å². The summed E-state index contributed by atoms with van der Waals surface area (Å²) in [6.07, 6.45) is 1.51. The molecule has 1 saturated heterocycles. The van der Waals surface area contributed by atoms with E-state index in [2.05, 4.69) is 10.6 Å². The summed E-state index contributed by atoms with van der Waals surface area (Å²) in [5, 5.41) is 5.53. The zero-order valence-corrected chi connectivity index (χ0v) is 17.8. The van der Waals surface area contributed by atoms with E-state index in [-0.39, 0.29) is 10.7 Å². The molecule has 0 atom stereocenters. The normalized spacial score (nSPS) is 13.5. The Morgan fingerprint density at radius 2 is 1.55 bits per heavy atom. The summed E-state index contributed by atoms with van der Waals surface area (Å²) < 4.78 is 6.01. The molecule has 3 aromatic carbocycles. The van der Waals surface area contributed by atoms with Gasteiger partial charge in [-0.05, 0) is 59.2 Å². The van der Waals surface area contributed by atoms with Gasteiger partial charge < -0.3 is 4.74 Å². The third-order valence-electron chi connectivity index (χ3n) is 4.67. The van der Waals surface area contributed by atoms with Crippen molar-refractivity contribution in [2.24, 2.45) is 0 Å². The van der Waals surface area contributed by atoms with Gasteiger partial charge in [-0.3, -0.25) is 20.2 Å². The number of ether oxygens (including phenoxy) is 1. The Morgan fingerprint density at radius 3 is 2.23 bits per heavy atom. The van der Waals surface area contributed by atoms with Gasteiger partial charge in [0.15, 0.2) is 5.11 Å². The minimum absolute atomic E-state index is 0.00982. The molecule has 0 radical (unpaired) electrons. The van der Waals surface area contributed by atoms with Gasteiger partial charge in [-0.2, -0.15) is 0 Å². The van der Waals surface area contributed by atoms with Crippen molar-refractivity contribution in [3.8, 4) is 16.9 Å². The fourth-order valence-corrected chi connectivity index (χ4v) is 3.42. The number of carbonyl (C=O) groups excluding carboxylic acids is 2. The van der Waals surface area contributed by atoms with E-state index < -0.39 is 11.8 Å². The van der Waals surface area contributed by atoms with E-state index >= 15 is 0 Å². The Balaban J connectivity index is 1.71. The van der Waals surface area contributed by atoms with Crippen LogP contribution in [0.2, 0.25) is 5.02 Å². The number of hydrogen-bond donors (Lipinski definition) is 2. The van der Waals surface area contributed by atoms with Crippen molar-refractivity contribution in [1.29, 1.82) is 0 Å². The standard InChI is InChI=1S/C24H17ClN2O3S/c25-19-9-6-15(7-10-19)14-30-21-11-8-17(16-4-2-1-3-5-16)12-18(21)13-20-22(28)26-24(31)27-23(20)29/h1-13H,14H2,(H2,26,27,28,29,31). The van der Waals surface area contributed by atoms with Crippen LogP contribution in [0.3, 0.4) is 0 Å². The molecule has 0 unspecified atom stereocenters. The van der Waals surface area contributed by atoms with Gasteiger partial charge in [0.1, 0.15) is 17.9 Å². The third-order valence-corrected chi connectivity index (χ3v) is 5.12. The average molecular weight is 449 g/mol. The van der Waals surface area contributed by atoms with Gasteiger partial charge in [0, 0.05) is 10.6 Å².